The summed E-state index contributed by atoms with van der Waals surface area (Å²) < 4.78 is 11.2. The number of benzene rings is 1. The van der Waals surface area contributed by atoms with E-state index in [0.29, 0.717) is 25.6 Å². The van der Waals surface area contributed by atoms with E-state index in [-0.39, 0.29) is 24.0 Å². The summed E-state index contributed by atoms with van der Waals surface area (Å²) in [5, 5.41) is 10.6. The summed E-state index contributed by atoms with van der Waals surface area (Å²) in [6.45, 7) is 12.8. The number of guanidine groups is 1. The fourth-order valence-corrected chi connectivity index (χ4v) is 2.52. The zero-order valence-corrected chi connectivity index (χ0v) is 19.2. The topological polar surface area (TPSA) is 71.7 Å². The third-order valence-corrected chi connectivity index (χ3v) is 3.96. The zero-order valence-electron chi connectivity index (χ0n) is 16.8. The minimum atomic E-state index is 0. The largest absolute Gasteiger partial charge is 0.491 e. The van der Waals surface area contributed by atoms with Gasteiger partial charge in [-0.1, -0.05) is 37.2 Å². The molecule has 1 heterocycles. The second-order valence-electron chi connectivity index (χ2n) is 6.56. The standard InChI is InChI=1S/C20H30N4O2.HI/c1-6-21-20(23-13-17-12-18(14(2)3)24-26-17)22-10-11-25-19-15(4)8-7-9-16(19)5;/h7-9,12,14H,6,10-11,13H2,1-5H3,(H2,21,22,23);1H. The number of halogens is 1. The van der Waals surface area contributed by atoms with Gasteiger partial charge in [-0.15, -0.1) is 24.0 Å². The van der Waals surface area contributed by atoms with Crippen LogP contribution in [0.2, 0.25) is 0 Å². The van der Waals surface area contributed by atoms with Gasteiger partial charge in [0, 0.05) is 12.6 Å². The molecule has 0 bridgehead atoms. The third kappa shape index (κ3) is 7.40. The van der Waals surface area contributed by atoms with E-state index in [4.69, 9.17) is 9.26 Å². The van der Waals surface area contributed by atoms with Crippen LogP contribution in [0, 0.1) is 13.8 Å². The maximum absolute atomic E-state index is 5.91. The Morgan fingerprint density at radius 1 is 1.22 bits per heavy atom. The van der Waals surface area contributed by atoms with Gasteiger partial charge >= 0.3 is 0 Å². The molecule has 2 N–H and O–H groups in total. The number of ether oxygens (including phenoxy) is 1. The molecule has 0 atom stereocenters. The number of nitrogens with one attached hydrogen (secondary N) is 2. The Morgan fingerprint density at radius 2 is 1.93 bits per heavy atom. The number of aryl methyl sites for hydroxylation is 2. The molecule has 6 nitrogen and oxygen atoms in total. The van der Waals surface area contributed by atoms with Gasteiger partial charge < -0.3 is 19.9 Å². The number of aromatic nitrogens is 1. The number of nitrogens with zero attached hydrogens (tertiary/aromatic N) is 2. The Balaban J connectivity index is 0.00000364. The molecule has 0 spiro atoms. The van der Waals surface area contributed by atoms with Crippen LogP contribution in [0.3, 0.4) is 0 Å². The van der Waals surface area contributed by atoms with E-state index < -0.39 is 0 Å². The van der Waals surface area contributed by atoms with Gasteiger partial charge in [0.05, 0.1) is 12.2 Å². The highest BCUT2D eigenvalue weighted by atomic mass is 127. The Kier molecular flexibility index (Phi) is 10.2. The lowest BCUT2D eigenvalue weighted by atomic mass is 10.1. The van der Waals surface area contributed by atoms with Crippen molar-refractivity contribution >= 4 is 29.9 Å². The molecule has 2 aromatic rings. The molecule has 0 aliphatic heterocycles. The fourth-order valence-electron chi connectivity index (χ4n) is 2.52. The van der Waals surface area contributed by atoms with Gasteiger partial charge in [0.2, 0.25) is 0 Å². The van der Waals surface area contributed by atoms with Gasteiger partial charge in [-0.3, -0.25) is 0 Å². The minimum absolute atomic E-state index is 0. The smallest absolute Gasteiger partial charge is 0.191 e. The lowest BCUT2D eigenvalue weighted by Gasteiger charge is -2.14. The molecule has 0 radical (unpaired) electrons. The highest BCUT2D eigenvalue weighted by Crippen LogP contribution is 2.21. The van der Waals surface area contributed by atoms with E-state index in [1.54, 1.807) is 0 Å². The first-order valence-corrected chi connectivity index (χ1v) is 9.18. The summed E-state index contributed by atoms with van der Waals surface area (Å²) in [5.41, 5.74) is 3.25. The maximum atomic E-state index is 5.91. The van der Waals surface area contributed by atoms with E-state index in [1.807, 2.05) is 19.1 Å². The molecule has 2 rings (SSSR count). The highest BCUT2D eigenvalue weighted by Gasteiger charge is 2.08. The third-order valence-electron chi connectivity index (χ3n) is 3.96. The summed E-state index contributed by atoms with van der Waals surface area (Å²) in [6, 6.07) is 8.12. The molecule has 0 aliphatic carbocycles. The fraction of sp³-hybridized carbons (Fsp3) is 0.500. The van der Waals surface area contributed by atoms with Crippen molar-refractivity contribution in [3.05, 3.63) is 46.8 Å². The van der Waals surface area contributed by atoms with Crippen LogP contribution < -0.4 is 15.4 Å². The Bertz CT molecular complexity index is 708. The first kappa shape index (κ1) is 23.3. The first-order valence-electron chi connectivity index (χ1n) is 9.18. The quantitative estimate of drug-likeness (QED) is 0.254. The van der Waals surface area contributed by atoms with Crippen molar-refractivity contribution in [3.8, 4) is 5.75 Å². The second kappa shape index (κ2) is 11.8. The average molecular weight is 486 g/mol. The SMILES string of the molecule is CCNC(=NCc1cc(C(C)C)no1)NCCOc1c(C)cccc1C.I. The Labute approximate surface area is 179 Å². The number of para-hydroxylation sites is 1. The van der Waals surface area contributed by atoms with Crippen LogP contribution in [0.15, 0.2) is 33.8 Å². The summed E-state index contributed by atoms with van der Waals surface area (Å²) in [7, 11) is 0. The molecule has 0 unspecified atom stereocenters. The van der Waals surface area contributed by atoms with Crippen molar-refractivity contribution < 1.29 is 9.26 Å². The summed E-state index contributed by atoms with van der Waals surface area (Å²) in [6.07, 6.45) is 0. The second-order valence-corrected chi connectivity index (χ2v) is 6.56. The minimum Gasteiger partial charge on any atom is -0.491 e. The van der Waals surface area contributed by atoms with E-state index in [1.165, 1.54) is 0 Å². The van der Waals surface area contributed by atoms with Crippen LogP contribution in [0.5, 0.6) is 5.75 Å². The van der Waals surface area contributed by atoms with Crippen molar-refractivity contribution in [2.45, 2.75) is 47.1 Å². The van der Waals surface area contributed by atoms with Crippen molar-refractivity contribution in [3.63, 3.8) is 0 Å². The van der Waals surface area contributed by atoms with Crippen LogP contribution in [0.4, 0.5) is 0 Å². The van der Waals surface area contributed by atoms with Gasteiger partial charge in [-0.25, -0.2) is 4.99 Å². The van der Waals surface area contributed by atoms with Crippen molar-refractivity contribution in [1.82, 2.24) is 15.8 Å². The van der Waals surface area contributed by atoms with Gasteiger partial charge in [-0.05, 0) is 37.8 Å². The van der Waals surface area contributed by atoms with Gasteiger partial charge in [-0.2, -0.15) is 0 Å². The van der Waals surface area contributed by atoms with Gasteiger partial charge in [0.15, 0.2) is 11.7 Å². The van der Waals surface area contributed by atoms with Crippen LogP contribution in [-0.4, -0.2) is 30.8 Å². The van der Waals surface area contributed by atoms with Crippen molar-refractivity contribution in [2.24, 2.45) is 4.99 Å². The van der Waals surface area contributed by atoms with Crippen molar-refractivity contribution in [1.29, 1.82) is 0 Å². The molecule has 7 heteroatoms. The molecule has 1 aromatic carbocycles. The first-order chi connectivity index (χ1) is 12.5. The maximum Gasteiger partial charge on any atom is 0.191 e. The molecule has 1 aromatic heterocycles. The van der Waals surface area contributed by atoms with Gasteiger partial charge in [0.1, 0.15) is 18.9 Å². The summed E-state index contributed by atoms with van der Waals surface area (Å²) in [4.78, 5) is 4.54. The molecule has 0 fully saturated rings. The predicted molar refractivity (Wildman–Crippen MR) is 120 cm³/mol. The lowest BCUT2D eigenvalue weighted by molar-refractivity contribution is 0.317. The number of rotatable bonds is 8. The van der Waals surface area contributed by atoms with Crippen LogP contribution in [0.1, 0.15) is 49.3 Å². The van der Waals surface area contributed by atoms with Crippen LogP contribution in [0.25, 0.3) is 0 Å². The summed E-state index contributed by atoms with van der Waals surface area (Å²) in [5.74, 6) is 2.81. The van der Waals surface area contributed by atoms with Crippen LogP contribution in [-0.2, 0) is 6.54 Å². The van der Waals surface area contributed by atoms with Gasteiger partial charge in [0.25, 0.3) is 0 Å². The van der Waals surface area contributed by atoms with E-state index in [0.717, 1.165) is 40.8 Å². The Hall–Kier alpha value is -1.77. The average Bonchev–Trinajstić information content (AvgIpc) is 3.08. The highest BCUT2D eigenvalue weighted by molar-refractivity contribution is 14.0. The van der Waals surface area contributed by atoms with Crippen LogP contribution >= 0.6 is 24.0 Å². The number of hydrogen-bond donors (Lipinski definition) is 2. The molecule has 0 saturated carbocycles. The normalized spacial score (nSPS) is 11.3. The molecule has 27 heavy (non-hydrogen) atoms. The lowest BCUT2D eigenvalue weighted by Crippen LogP contribution is -2.39. The van der Waals surface area contributed by atoms with E-state index in [2.05, 4.69) is 60.6 Å². The molecule has 150 valence electrons. The zero-order chi connectivity index (χ0) is 18.9. The molecular formula is C20H31IN4O2. The molecule has 0 amide bonds. The van der Waals surface area contributed by atoms with E-state index in [9.17, 15) is 0 Å². The molecule has 0 saturated heterocycles. The number of aliphatic imine (C=N–C) groups is 1. The Morgan fingerprint density at radius 3 is 2.52 bits per heavy atom. The summed E-state index contributed by atoms with van der Waals surface area (Å²) >= 11 is 0. The number of hydrogen-bond acceptors (Lipinski definition) is 4. The van der Waals surface area contributed by atoms with E-state index >= 15 is 0 Å². The molecular weight excluding hydrogens is 455 g/mol. The predicted octanol–water partition coefficient (Wildman–Crippen LogP) is 4.17. The molecule has 0 aliphatic rings. The van der Waals surface area contributed by atoms with Crippen molar-refractivity contribution in [2.75, 3.05) is 19.7 Å². The monoisotopic (exact) mass is 486 g/mol.